The van der Waals surface area contributed by atoms with E-state index >= 15 is 0 Å². The van der Waals surface area contributed by atoms with E-state index in [9.17, 15) is 0 Å². The topological polar surface area (TPSA) is 35.2 Å². The van der Waals surface area contributed by atoms with E-state index in [1.54, 1.807) is 11.1 Å². The zero-order chi connectivity index (χ0) is 12.4. The van der Waals surface area contributed by atoms with Crippen molar-refractivity contribution >= 4 is 0 Å². The van der Waals surface area contributed by atoms with Crippen LogP contribution in [0.25, 0.3) is 0 Å². The highest BCUT2D eigenvalue weighted by atomic mass is 16.5. The fourth-order valence-electron chi connectivity index (χ4n) is 3.35. The van der Waals surface area contributed by atoms with Gasteiger partial charge in [0.15, 0.2) is 0 Å². The molecule has 0 aromatic heterocycles. The first kappa shape index (κ1) is 12.2. The van der Waals surface area contributed by atoms with Gasteiger partial charge < -0.3 is 10.5 Å². The van der Waals surface area contributed by atoms with Crippen molar-refractivity contribution in [1.82, 2.24) is 0 Å². The van der Waals surface area contributed by atoms with Gasteiger partial charge in [-0.1, -0.05) is 18.2 Å². The summed E-state index contributed by atoms with van der Waals surface area (Å²) >= 11 is 0. The number of aryl methyl sites for hydroxylation is 2. The average molecular weight is 245 g/mol. The van der Waals surface area contributed by atoms with Crippen molar-refractivity contribution in [2.75, 3.05) is 13.2 Å². The maximum absolute atomic E-state index is 6.56. The third kappa shape index (κ3) is 2.60. The monoisotopic (exact) mass is 245 g/mol. The van der Waals surface area contributed by atoms with Crippen LogP contribution < -0.4 is 5.73 Å². The standard InChI is InChI=1S/C16H23NO/c17-16(7-2-9-18-10-8-16)12-13-5-6-14-3-1-4-15(14)11-13/h5-6,11H,1-4,7-10,12,17H2. The second-order valence-electron chi connectivity index (χ2n) is 5.96. The van der Waals surface area contributed by atoms with Gasteiger partial charge in [0, 0.05) is 18.8 Å². The molecule has 2 N–H and O–H groups in total. The normalized spacial score (nSPS) is 27.8. The van der Waals surface area contributed by atoms with Crippen molar-refractivity contribution in [2.45, 2.75) is 50.5 Å². The first-order valence-corrected chi connectivity index (χ1v) is 7.23. The highest BCUT2D eigenvalue weighted by Crippen LogP contribution is 2.27. The second kappa shape index (κ2) is 5.02. The number of rotatable bonds is 2. The molecule has 1 aromatic rings. The summed E-state index contributed by atoms with van der Waals surface area (Å²) in [6.07, 6.45) is 8.01. The van der Waals surface area contributed by atoms with Crippen molar-refractivity contribution in [3.8, 4) is 0 Å². The third-order valence-corrected chi connectivity index (χ3v) is 4.43. The Bertz CT molecular complexity index is 419. The van der Waals surface area contributed by atoms with Crippen molar-refractivity contribution in [1.29, 1.82) is 0 Å². The van der Waals surface area contributed by atoms with Crippen LogP contribution in [0.1, 0.15) is 42.4 Å². The molecule has 2 heteroatoms. The summed E-state index contributed by atoms with van der Waals surface area (Å²) in [4.78, 5) is 0. The van der Waals surface area contributed by atoms with Gasteiger partial charge in [-0.05, 0) is 61.6 Å². The van der Waals surface area contributed by atoms with Gasteiger partial charge in [0.05, 0.1) is 0 Å². The average Bonchev–Trinajstić information content (AvgIpc) is 2.71. The van der Waals surface area contributed by atoms with Gasteiger partial charge in [0.2, 0.25) is 0 Å². The fourth-order valence-corrected chi connectivity index (χ4v) is 3.35. The lowest BCUT2D eigenvalue weighted by Crippen LogP contribution is -2.42. The minimum Gasteiger partial charge on any atom is -0.381 e. The lowest BCUT2D eigenvalue weighted by Gasteiger charge is -2.27. The molecule has 1 atom stereocenters. The minimum atomic E-state index is -0.0522. The molecule has 1 aliphatic heterocycles. The summed E-state index contributed by atoms with van der Waals surface area (Å²) in [5.74, 6) is 0. The lowest BCUT2D eigenvalue weighted by molar-refractivity contribution is 0.139. The first-order valence-electron chi connectivity index (χ1n) is 7.23. The Kier molecular flexibility index (Phi) is 3.40. The van der Waals surface area contributed by atoms with E-state index in [1.807, 2.05) is 0 Å². The number of nitrogens with two attached hydrogens (primary N) is 1. The van der Waals surface area contributed by atoms with Crippen LogP contribution in [0.15, 0.2) is 18.2 Å². The molecule has 3 rings (SSSR count). The van der Waals surface area contributed by atoms with Crippen LogP contribution in [0.4, 0.5) is 0 Å². The molecule has 0 radical (unpaired) electrons. The molecule has 0 saturated carbocycles. The molecule has 1 saturated heterocycles. The van der Waals surface area contributed by atoms with Gasteiger partial charge in [0.25, 0.3) is 0 Å². The van der Waals surface area contributed by atoms with E-state index in [1.165, 1.54) is 24.8 Å². The van der Waals surface area contributed by atoms with E-state index < -0.39 is 0 Å². The van der Waals surface area contributed by atoms with Crippen molar-refractivity contribution < 1.29 is 4.74 Å². The molecule has 98 valence electrons. The lowest BCUT2D eigenvalue weighted by atomic mass is 9.84. The minimum absolute atomic E-state index is 0.0522. The molecular weight excluding hydrogens is 222 g/mol. The zero-order valence-electron chi connectivity index (χ0n) is 11.1. The number of benzene rings is 1. The summed E-state index contributed by atoms with van der Waals surface area (Å²) < 4.78 is 5.52. The van der Waals surface area contributed by atoms with Gasteiger partial charge in [-0.15, -0.1) is 0 Å². The molecule has 1 aliphatic carbocycles. The maximum atomic E-state index is 6.56. The van der Waals surface area contributed by atoms with Crippen LogP contribution in [-0.2, 0) is 24.0 Å². The Morgan fingerprint density at radius 1 is 1.06 bits per heavy atom. The van der Waals surface area contributed by atoms with Gasteiger partial charge in [0.1, 0.15) is 0 Å². The van der Waals surface area contributed by atoms with Crippen LogP contribution in [0.5, 0.6) is 0 Å². The summed E-state index contributed by atoms with van der Waals surface area (Å²) in [7, 11) is 0. The van der Waals surface area contributed by atoms with E-state index in [-0.39, 0.29) is 5.54 Å². The van der Waals surface area contributed by atoms with E-state index in [0.717, 1.165) is 38.9 Å². The smallest absolute Gasteiger partial charge is 0.0483 e. The van der Waals surface area contributed by atoms with E-state index in [4.69, 9.17) is 10.5 Å². The van der Waals surface area contributed by atoms with Crippen LogP contribution in [-0.4, -0.2) is 18.8 Å². The van der Waals surface area contributed by atoms with Crippen LogP contribution in [0, 0.1) is 0 Å². The molecule has 1 fully saturated rings. The van der Waals surface area contributed by atoms with E-state index in [2.05, 4.69) is 18.2 Å². The molecule has 2 nitrogen and oxygen atoms in total. The van der Waals surface area contributed by atoms with E-state index in [0.29, 0.717) is 0 Å². The molecular formula is C16H23NO. The predicted octanol–water partition coefficient (Wildman–Crippen LogP) is 2.62. The Morgan fingerprint density at radius 2 is 1.94 bits per heavy atom. The molecule has 0 amide bonds. The summed E-state index contributed by atoms with van der Waals surface area (Å²) in [5.41, 5.74) is 11.0. The van der Waals surface area contributed by atoms with Gasteiger partial charge in [-0.3, -0.25) is 0 Å². The largest absolute Gasteiger partial charge is 0.381 e. The Morgan fingerprint density at radius 3 is 2.89 bits per heavy atom. The van der Waals surface area contributed by atoms with Gasteiger partial charge in [-0.2, -0.15) is 0 Å². The number of hydrogen-bond donors (Lipinski definition) is 1. The fraction of sp³-hybridized carbons (Fsp3) is 0.625. The van der Waals surface area contributed by atoms with Crippen LogP contribution in [0.3, 0.4) is 0 Å². The predicted molar refractivity (Wildman–Crippen MR) is 73.8 cm³/mol. The van der Waals surface area contributed by atoms with Gasteiger partial charge in [-0.25, -0.2) is 0 Å². The number of fused-ring (bicyclic) bond motifs is 1. The summed E-state index contributed by atoms with van der Waals surface area (Å²) in [6.45, 7) is 1.70. The molecule has 1 unspecified atom stereocenters. The van der Waals surface area contributed by atoms with Crippen LogP contribution >= 0.6 is 0 Å². The first-order chi connectivity index (χ1) is 8.75. The summed E-state index contributed by atoms with van der Waals surface area (Å²) in [5, 5.41) is 0. The van der Waals surface area contributed by atoms with Crippen molar-refractivity contribution in [3.63, 3.8) is 0 Å². The SMILES string of the molecule is NC1(Cc2ccc3c(c2)CCC3)CCCOCC1. The molecule has 0 bridgehead atoms. The number of ether oxygens (including phenoxy) is 1. The molecule has 2 aliphatic rings. The number of hydrogen-bond acceptors (Lipinski definition) is 2. The molecule has 18 heavy (non-hydrogen) atoms. The third-order valence-electron chi connectivity index (χ3n) is 4.43. The maximum Gasteiger partial charge on any atom is 0.0483 e. The zero-order valence-corrected chi connectivity index (χ0v) is 11.1. The van der Waals surface area contributed by atoms with Crippen molar-refractivity contribution in [2.24, 2.45) is 5.73 Å². The highest BCUT2D eigenvalue weighted by molar-refractivity contribution is 5.36. The Labute approximate surface area is 110 Å². The Balaban J connectivity index is 1.75. The van der Waals surface area contributed by atoms with Crippen molar-refractivity contribution in [3.05, 3.63) is 34.9 Å². The molecule has 0 spiro atoms. The quantitative estimate of drug-likeness (QED) is 0.869. The highest BCUT2D eigenvalue weighted by Gasteiger charge is 2.27. The second-order valence-corrected chi connectivity index (χ2v) is 5.96. The Hall–Kier alpha value is -0.860. The molecule has 1 heterocycles. The summed E-state index contributed by atoms with van der Waals surface area (Å²) in [6, 6.07) is 6.99. The van der Waals surface area contributed by atoms with Gasteiger partial charge >= 0.3 is 0 Å². The van der Waals surface area contributed by atoms with Crippen LogP contribution in [0.2, 0.25) is 0 Å². The molecule has 1 aromatic carbocycles.